The van der Waals surface area contributed by atoms with Crippen LogP contribution < -0.4 is 10.2 Å². The molecule has 24 heavy (non-hydrogen) atoms. The Morgan fingerprint density at radius 3 is 2.58 bits per heavy atom. The first-order valence-corrected chi connectivity index (χ1v) is 9.17. The maximum Gasteiger partial charge on any atom is 0.234 e. The molecule has 2 fully saturated rings. The number of amides is 1. The highest BCUT2D eigenvalue weighted by Crippen LogP contribution is 2.29. The molecule has 2 aliphatic rings. The Bertz CT molecular complexity index is 529. The van der Waals surface area contributed by atoms with Crippen molar-refractivity contribution in [2.75, 3.05) is 37.6 Å². The van der Waals surface area contributed by atoms with E-state index >= 15 is 0 Å². The van der Waals surface area contributed by atoms with Gasteiger partial charge in [0.2, 0.25) is 11.9 Å². The van der Waals surface area contributed by atoms with Gasteiger partial charge in [-0.05, 0) is 24.3 Å². The summed E-state index contributed by atoms with van der Waals surface area (Å²) in [4.78, 5) is 25.4. The number of nitrogens with one attached hydrogen (secondary N) is 1. The number of rotatable bonds is 4. The van der Waals surface area contributed by atoms with Gasteiger partial charge in [-0.1, -0.05) is 26.7 Å². The lowest BCUT2D eigenvalue weighted by atomic mass is 9.78. The Morgan fingerprint density at radius 2 is 1.88 bits per heavy atom. The van der Waals surface area contributed by atoms with Crippen molar-refractivity contribution in [2.24, 2.45) is 11.8 Å². The van der Waals surface area contributed by atoms with E-state index in [1.54, 1.807) is 12.4 Å². The second kappa shape index (κ2) is 7.92. The predicted molar refractivity (Wildman–Crippen MR) is 94.8 cm³/mol. The van der Waals surface area contributed by atoms with Crippen LogP contribution in [0, 0.1) is 11.8 Å². The van der Waals surface area contributed by atoms with E-state index in [2.05, 4.69) is 38.9 Å². The molecule has 0 unspecified atom stereocenters. The third kappa shape index (κ3) is 4.23. The van der Waals surface area contributed by atoms with Gasteiger partial charge in [-0.2, -0.15) is 0 Å². The molecule has 6 heteroatoms. The number of anilines is 1. The number of carbonyl (C=O) groups is 1. The highest BCUT2D eigenvalue weighted by atomic mass is 16.2. The molecule has 3 atom stereocenters. The van der Waals surface area contributed by atoms with E-state index in [0.717, 1.165) is 38.5 Å². The molecule has 132 valence electrons. The first-order chi connectivity index (χ1) is 11.6. The fourth-order valence-corrected chi connectivity index (χ4v) is 3.80. The number of aromatic nitrogens is 2. The topological polar surface area (TPSA) is 61.4 Å². The maximum absolute atomic E-state index is 12.4. The van der Waals surface area contributed by atoms with Crippen molar-refractivity contribution >= 4 is 11.9 Å². The van der Waals surface area contributed by atoms with Crippen molar-refractivity contribution in [1.82, 2.24) is 20.2 Å². The third-order valence-electron chi connectivity index (χ3n) is 5.63. The van der Waals surface area contributed by atoms with E-state index in [4.69, 9.17) is 0 Å². The molecular weight excluding hydrogens is 302 g/mol. The van der Waals surface area contributed by atoms with Crippen LogP contribution in [0.3, 0.4) is 0 Å². The van der Waals surface area contributed by atoms with Gasteiger partial charge in [-0.15, -0.1) is 0 Å². The second-order valence-electron chi connectivity index (χ2n) is 7.25. The molecule has 1 aromatic rings. The van der Waals surface area contributed by atoms with Crippen LogP contribution in [0.25, 0.3) is 0 Å². The summed E-state index contributed by atoms with van der Waals surface area (Å²) in [6, 6.07) is 2.18. The first-order valence-electron chi connectivity index (χ1n) is 9.17. The third-order valence-corrected chi connectivity index (χ3v) is 5.63. The minimum absolute atomic E-state index is 0.172. The molecular formula is C18H29N5O. The lowest BCUT2D eigenvalue weighted by molar-refractivity contribution is -0.123. The molecule has 0 spiro atoms. The van der Waals surface area contributed by atoms with Gasteiger partial charge in [-0.3, -0.25) is 9.69 Å². The summed E-state index contributed by atoms with van der Waals surface area (Å²) in [5.41, 5.74) is 0. The molecule has 1 saturated heterocycles. The molecule has 1 aliphatic heterocycles. The normalized spacial score (nSPS) is 28.6. The largest absolute Gasteiger partial charge is 0.352 e. The minimum Gasteiger partial charge on any atom is -0.352 e. The van der Waals surface area contributed by atoms with Crippen LogP contribution in [-0.4, -0.2) is 59.5 Å². The van der Waals surface area contributed by atoms with Crippen molar-refractivity contribution in [3.05, 3.63) is 18.5 Å². The molecule has 1 N–H and O–H groups in total. The molecule has 0 aromatic carbocycles. The van der Waals surface area contributed by atoms with Gasteiger partial charge in [0, 0.05) is 44.6 Å². The van der Waals surface area contributed by atoms with Crippen molar-refractivity contribution in [3.8, 4) is 0 Å². The van der Waals surface area contributed by atoms with Gasteiger partial charge >= 0.3 is 0 Å². The van der Waals surface area contributed by atoms with Crippen molar-refractivity contribution < 1.29 is 4.79 Å². The number of nitrogens with zero attached hydrogens (tertiary/aromatic N) is 4. The van der Waals surface area contributed by atoms with Crippen LogP contribution in [0.2, 0.25) is 0 Å². The molecule has 1 saturated carbocycles. The molecule has 3 rings (SSSR count). The molecule has 2 heterocycles. The van der Waals surface area contributed by atoms with Crippen LogP contribution in [-0.2, 0) is 4.79 Å². The average molecular weight is 331 g/mol. The van der Waals surface area contributed by atoms with E-state index in [9.17, 15) is 4.79 Å². The Kier molecular flexibility index (Phi) is 5.66. The standard InChI is InChI=1S/C18H29N5O/c1-14-5-3-6-16(15(14)2)21-17(24)13-22-9-11-23(12-10-22)18-19-7-4-8-20-18/h4,7-8,14-16H,3,5-6,9-13H2,1-2H3,(H,21,24)/t14-,15+,16-/m1/s1. The number of hydrogen-bond donors (Lipinski definition) is 1. The SMILES string of the molecule is C[C@H]1[C@H](C)CCC[C@H]1NC(=O)CN1CCN(c2ncccn2)CC1. The van der Waals surface area contributed by atoms with Crippen LogP contribution in [0.1, 0.15) is 33.1 Å². The van der Waals surface area contributed by atoms with E-state index in [0.29, 0.717) is 24.4 Å². The van der Waals surface area contributed by atoms with Gasteiger partial charge in [0.25, 0.3) is 0 Å². The van der Waals surface area contributed by atoms with Crippen LogP contribution in [0.4, 0.5) is 5.95 Å². The Labute approximate surface area is 144 Å². The zero-order chi connectivity index (χ0) is 16.9. The summed E-state index contributed by atoms with van der Waals surface area (Å²) in [7, 11) is 0. The highest BCUT2D eigenvalue weighted by molar-refractivity contribution is 5.78. The van der Waals surface area contributed by atoms with Crippen LogP contribution in [0.15, 0.2) is 18.5 Å². The van der Waals surface area contributed by atoms with Gasteiger partial charge in [-0.25, -0.2) is 9.97 Å². The number of hydrogen-bond acceptors (Lipinski definition) is 5. The minimum atomic E-state index is 0.172. The molecule has 6 nitrogen and oxygen atoms in total. The predicted octanol–water partition coefficient (Wildman–Crippen LogP) is 1.54. The van der Waals surface area contributed by atoms with Gasteiger partial charge in [0.15, 0.2) is 0 Å². The van der Waals surface area contributed by atoms with Gasteiger partial charge in [0.05, 0.1) is 6.54 Å². The monoisotopic (exact) mass is 331 g/mol. The maximum atomic E-state index is 12.4. The lowest BCUT2D eigenvalue weighted by Gasteiger charge is -2.36. The highest BCUT2D eigenvalue weighted by Gasteiger charge is 2.29. The van der Waals surface area contributed by atoms with E-state index in [1.165, 1.54) is 12.8 Å². The summed E-state index contributed by atoms with van der Waals surface area (Å²) in [5.74, 6) is 2.24. The van der Waals surface area contributed by atoms with Gasteiger partial charge in [0.1, 0.15) is 0 Å². The second-order valence-corrected chi connectivity index (χ2v) is 7.25. The summed E-state index contributed by atoms with van der Waals surface area (Å²) < 4.78 is 0. The summed E-state index contributed by atoms with van der Waals surface area (Å²) in [5, 5.41) is 3.27. The molecule has 1 aliphatic carbocycles. The van der Waals surface area contributed by atoms with Crippen molar-refractivity contribution in [2.45, 2.75) is 39.2 Å². The smallest absolute Gasteiger partial charge is 0.234 e. The zero-order valence-electron chi connectivity index (χ0n) is 14.8. The quantitative estimate of drug-likeness (QED) is 0.907. The average Bonchev–Trinajstić information content (AvgIpc) is 2.60. The fraction of sp³-hybridized carbons (Fsp3) is 0.722. The Hall–Kier alpha value is -1.69. The molecule has 0 bridgehead atoms. The van der Waals surface area contributed by atoms with Gasteiger partial charge < -0.3 is 10.2 Å². The Morgan fingerprint density at radius 1 is 1.17 bits per heavy atom. The van der Waals surface area contributed by atoms with Crippen LogP contribution >= 0.6 is 0 Å². The van der Waals surface area contributed by atoms with Crippen molar-refractivity contribution in [3.63, 3.8) is 0 Å². The summed E-state index contributed by atoms with van der Waals surface area (Å²) in [6.45, 7) is 8.56. The molecule has 1 amide bonds. The zero-order valence-corrected chi connectivity index (χ0v) is 14.8. The van der Waals surface area contributed by atoms with E-state index < -0.39 is 0 Å². The first kappa shape index (κ1) is 17.1. The van der Waals surface area contributed by atoms with E-state index in [-0.39, 0.29) is 5.91 Å². The summed E-state index contributed by atoms with van der Waals surface area (Å²) >= 11 is 0. The molecule has 1 aromatic heterocycles. The Balaban J connectivity index is 1.43. The lowest BCUT2D eigenvalue weighted by Crippen LogP contribution is -2.52. The van der Waals surface area contributed by atoms with Crippen molar-refractivity contribution in [1.29, 1.82) is 0 Å². The number of piperazine rings is 1. The summed E-state index contributed by atoms with van der Waals surface area (Å²) in [6.07, 6.45) is 7.18. The fourth-order valence-electron chi connectivity index (χ4n) is 3.80. The number of carbonyl (C=O) groups excluding carboxylic acids is 1. The molecule has 0 radical (unpaired) electrons. The van der Waals surface area contributed by atoms with E-state index in [1.807, 2.05) is 6.07 Å². The van der Waals surface area contributed by atoms with Crippen LogP contribution in [0.5, 0.6) is 0 Å².